The lowest BCUT2D eigenvalue weighted by atomic mass is 9.91. The summed E-state index contributed by atoms with van der Waals surface area (Å²) in [6, 6.07) is 0. The van der Waals surface area contributed by atoms with Crippen molar-refractivity contribution >= 4 is 0 Å². The number of methoxy groups -OCH3 is 1. The number of nitrogens with two attached hydrogens (primary N) is 1. The second-order valence-electron chi connectivity index (χ2n) is 2.99. The minimum Gasteiger partial charge on any atom is -0.380 e. The van der Waals surface area contributed by atoms with Crippen molar-refractivity contribution in [3.63, 3.8) is 0 Å². The van der Waals surface area contributed by atoms with Crippen molar-refractivity contribution in [3.05, 3.63) is 0 Å². The van der Waals surface area contributed by atoms with Crippen LogP contribution in [0.5, 0.6) is 0 Å². The Bertz CT molecular complexity index is 87.3. The van der Waals surface area contributed by atoms with Gasteiger partial charge in [0, 0.05) is 12.6 Å². The van der Waals surface area contributed by atoms with Crippen molar-refractivity contribution in [2.45, 2.75) is 45.3 Å². The van der Waals surface area contributed by atoms with Crippen LogP contribution < -0.4 is 5.73 Å². The van der Waals surface area contributed by atoms with Crippen molar-refractivity contribution in [2.75, 3.05) is 7.11 Å². The Kier molecular flexibility index (Phi) is 3.91. The average molecular weight is 145 g/mol. The first-order valence-corrected chi connectivity index (χ1v) is 3.90. The Hall–Kier alpha value is -0.0800. The lowest BCUT2D eigenvalue weighted by molar-refractivity contribution is 0.0377. The van der Waals surface area contributed by atoms with Gasteiger partial charge >= 0.3 is 0 Å². The third-order valence-electron chi connectivity index (χ3n) is 2.15. The normalized spacial score (nSPS) is 20.1. The molecule has 0 aliphatic carbocycles. The molecule has 0 aromatic heterocycles. The molecule has 2 N–H and O–H groups in total. The van der Waals surface area contributed by atoms with E-state index in [1.807, 2.05) is 6.92 Å². The Labute approximate surface area is 63.7 Å². The maximum atomic E-state index is 5.96. The summed E-state index contributed by atoms with van der Waals surface area (Å²) in [5.41, 5.74) is 5.79. The minimum atomic E-state index is -0.163. The van der Waals surface area contributed by atoms with E-state index in [1.54, 1.807) is 7.11 Å². The molecule has 0 amide bonds. The van der Waals surface area contributed by atoms with E-state index in [2.05, 4.69) is 13.8 Å². The third kappa shape index (κ3) is 2.27. The summed E-state index contributed by atoms with van der Waals surface area (Å²) in [5, 5.41) is 0. The molecule has 0 fully saturated rings. The molecule has 0 aliphatic heterocycles. The van der Waals surface area contributed by atoms with E-state index in [0.29, 0.717) is 0 Å². The van der Waals surface area contributed by atoms with E-state index in [4.69, 9.17) is 10.5 Å². The van der Waals surface area contributed by atoms with Gasteiger partial charge in [0.2, 0.25) is 0 Å². The molecule has 0 saturated heterocycles. The zero-order valence-electron chi connectivity index (χ0n) is 7.48. The van der Waals surface area contributed by atoms with E-state index in [9.17, 15) is 0 Å². The lowest BCUT2D eigenvalue weighted by Gasteiger charge is -2.31. The maximum absolute atomic E-state index is 5.96. The van der Waals surface area contributed by atoms with E-state index in [1.165, 1.54) is 0 Å². The molecule has 2 atom stereocenters. The summed E-state index contributed by atoms with van der Waals surface area (Å²) in [4.78, 5) is 0. The first-order chi connectivity index (χ1) is 4.58. The van der Waals surface area contributed by atoms with Gasteiger partial charge in [0.15, 0.2) is 0 Å². The molecule has 0 aromatic rings. The number of ether oxygens (including phenoxy) is 1. The Morgan fingerprint density at radius 2 is 2.00 bits per heavy atom. The molecule has 0 saturated carbocycles. The first kappa shape index (κ1) is 9.92. The van der Waals surface area contributed by atoms with Gasteiger partial charge < -0.3 is 10.5 Å². The van der Waals surface area contributed by atoms with Gasteiger partial charge in [0.05, 0.1) is 6.10 Å². The van der Waals surface area contributed by atoms with Gasteiger partial charge in [-0.05, 0) is 19.8 Å². The molecule has 0 aromatic carbocycles. The molecule has 0 rings (SSSR count). The summed E-state index contributed by atoms with van der Waals surface area (Å²) >= 11 is 0. The van der Waals surface area contributed by atoms with Crippen molar-refractivity contribution in [1.82, 2.24) is 0 Å². The molecule has 2 nitrogen and oxygen atoms in total. The molecule has 10 heavy (non-hydrogen) atoms. The third-order valence-corrected chi connectivity index (χ3v) is 2.15. The zero-order valence-corrected chi connectivity index (χ0v) is 7.48. The van der Waals surface area contributed by atoms with E-state index >= 15 is 0 Å². The topological polar surface area (TPSA) is 35.2 Å². The van der Waals surface area contributed by atoms with Crippen LogP contribution in [-0.4, -0.2) is 18.8 Å². The van der Waals surface area contributed by atoms with Gasteiger partial charge in [-0.3, -0.25) is 0 Å². The molecular weight excluding hydrogens is 126 g/mol. The van der Waals surface area contributed by atoms with Crippen LogP contribution in [0.25, 0.3) is 0 Å². The van der Waals surface area contributed by atoms with Crippen molar-refractivity contribution in [1.29, 1.82) is 0 Å². The zero-order chi connectivity index (χ0) is 8.20. The smallest absolute Gasteiger partial charge is 0.0745 e. The molecule has 2 unspecified atom stereocenters. The van der Waals surface area contributed by atoms with Crippen LogP contribution in [0.4, 0.5) is 0 Å². The second kappa shape index (κ2) is 3.94. The Balaban J connectivity index is 3.97. The van der Waals surface area contributed by atoms with Crippen LogP contribution in [0.2, 0.25) is 0 Å². The SMILES string of the molecule is CCC(OC)C(C)(N)CC. The van der Waals surface area contributed by atoms with Crippen LogP contribution in [0.15, 0.2) is 0 Å². The monoisotopic (exact) mass is 145 g/mol. The first-order valence-electron chi connectivity index (χ1n) is 3.90. The van der Waals surface area contributed by atoms with E-state index < -0.39 is 0 Å². The Morgan fingerprint density at radius 1 is 1.50 bits per heavy atom. The molecular formula is C8H19NO. The summed E-state index contributed by atoms with van der Waals surface area (Å²) in [7, 11) is 1.72. The fourth-order valence-electron chi connectivity index (χ4n) is 1.13. The van der Waals surface area contributed by atoms with Gasteiger partial charge in [0.25, 0.3) is 0 Å². The van der Waals surface area contributed by atoms with Gasteiger partial charge in [-0.2, -0.15) is 0 Å². The van der Waals surface area contributed by atoms with Crippen LogP contribution in [0, 0.1) is 0 Å². The number of hydrogen-bond donors (Lipinski definition) is 1. The molecule has 0 spiro atoms. The largest absolute Gasteiger partial charge is 0.380 e. The standard InChI is InChI=1S/C8H19NO/c1-5-7(10-4)8(3,9)6-2/h7H,5-6,9H2,1-4H3. The fraction of sp³-hybridized carbons (Fsp3) is 1.00. The summed E-state index contributed by atoms with van der Waals surface area (Å²) < 4.78 is 5.23. The van der Waals surface area contributed by atoms with Gasteiger partial charge in [-0.15, -0.1) is 0 Å². The lowest BCUT2D eigenvalue weighted by Crippen LogP contribution is -2.48. The summed E-state index contributed by atoms with van der Waals surface area (Å²) in [6.07, 6.45) is 2.13. The molecule has 0 aliphatic rings. The van der Waals surface area contributed by atoms with Gasteiger partial charge in [-0.25, -0.2) is 0 Å². The summed E-state index contributed by atoms with van der Waals surface area (Å²) in [6.45, 7) is 6.21. The van der Waals surface area contributed by atoms with E-state index in [-0.39, 0.29) is 11.6 Å². The highest BCUT2D eigenvalue weighted by Gasteiger charge is 2.26. The average Bonchev–Trinajstić information content (AvgIpc) is 1.90. The summed E-state index contributed by atoms with van der Waals surface area (Å²) in [5.74, 6) is 0. The van der Waals surface area contributed by atoms with Gasteiger partial charge in [-0.1, -0.05) is 13.8 Å². The van der Waals surface area contributed by atoms with E-state index in [0.717, 1.165) is 12.8 Å². The van der Waals surface area contributed by atoms with Crippen LogP contribution in [0.1, 0.15) is 33.6 Å². The molecule has 2 heteroatoms. The van der Waals surface area contributed by atoms with Crippen molar-refractivity contribution in [3.8, 4) is 0 Å². The van der Waals surface area contributed by atoms with Crippen LogP contribution >= 0.6 is 0 Å². The quantitative estimate of drug-likeness (QED) is 0.651. The predicted molar refractivity (Wildman–Crippen MR) is 44.0 cm³/mol. The highest BCUT2D eigenvalue weighted by molar-refractivity contribution is 4.85. The minimum absolute atomic E-state index is 0.163. The predicted octanol–water partition coefficient (Wildman–Crippen LogP) is 1.54. The number of rotatable bonds is 4. The highest BCUT2D eigenvalue weighted by Crippen LogP contribution is 2.16. The maximum Gasteiger partial charge on any atom is 0.0745 e. The Morgan fingerprint density at radius 3 is 2.10 bits per heavy atom. The van der Waals surface area contributed by atoms with Crippen LogP contribution in [-0.2, 0) is 4.74 Å². The van der Waals surface area contributed by atoms with Crippen LogP contribution in [0.3, 0.4) is 0 Å². The molecule has 62 valence electrons. The van der Waals surface area contributed by atoms with Gasteiger partial charge in [0.1, 0.15) is 0 Å². The molecule has 0 bridgehead atoms. The molecule has 0 radical (unpaired) electrons. The second-order valence-corrected chi connectivity index (χ2v) is 2.99. The van der Waals surface area contributed by atoms with Crippen molar-refractivity contribution < 1.29 is 4.74 Å². The fourth-order valence-corrected chi connectivity index (χ4v) is 1.13. The highest BCUT2D eigenvalue weighted by atomic mass is 16.5. The molecule has 0 heterocycles. The van der Waals surface area contributed by atoms with Crippen molar-refractivity contribution in [2.24, 2.45) is 5.73 Å². The number of hydrogen-bond acceptors (Lipinski definition) is 2.